The van der Waals surface area contributed by atoms with Crippen molar-refractivity contribution in [1.82, 2.24) is 4.98 Å². The molecule has 2 nitrogen and oxygen atoms in total. The Hall–Kier alpha value is -1.19. The van der Waals surface area contributed by atoms with E-state index in [1.165, 1.54) is 11.3 Å². The van der Waals surface area contributed by atoms with E-state index in [9.17, 15) is 4.79 Å². The highest BCUT2D eigenvalue weighted by Crippen LogP contribution is 2.18. The Morgan fingerprint density at radius 1 is 1.41 bits per heavy atom. The second-order valence-electron chi connectivity index (χ2n) is 3.95. The highest BCUT2D eigenvalue weighted by atomic mass is 35.5. The van der Waals surface area contributed by atoms with Crippen molar-refractivity contribution in [2.75, 3.05) is 0 Å². The number of hydrogen-bond acceptors (Lipinski definition) is 3. The van der Waals surface area contributed by atoms with E-state index in [-0.39, 0.29) is 5.78 Å². The van der Waals surface area contributed by atoms with Crippen LogP contribution in [-0.2, 0) is 6.42 Å². The maximum atomic E-state index is 12.0. The molecule has 0 unspecified atom stereocenters. The Balaban J connectivity index is 2.17. The lowest BCUT2D eigenvalue weighted by atomic mass is 10.1. The summed E-state index contributed by atoms with van der Waals surface area (Å²) in [6.07, 6.45) is 0.361. The molecule has 0 N–H and O–H groups in total. The number of benzene rings is 1. The third-order valence-corrected chi connectivity index (χ3v) is 3.85. The van der Waals surface area contributed by atoms with Crippen LogP contribution in [0.4, 0.5) is 0 Å². The highest BCUT2D eigenvalue weighted by Gasteiger charge is 2.10. The molecule has 0 spiro atoms. The standard InChI is InChI=1S/C13H12ClNOS/c1-8-5-10(3-4-11(8)14)12(16)6-13-15-9(2)7-17-13/h3-5,7H,6H2,1-2H3. The largest absolute Gasteiger partial charge is 0.294 e. The van der Waals surface area contributed by atoms with Gasteiger partial charge in [-0.15, -0.1) is 11.3 Å². The molecule has 1 aromatic carbocycles. The number of aromatic nitrogens is 1. The summed E-state index contributed by atoms with van der Waals surface area (Å²) in [5.41, 5.74) is 2.58. The Labute approximate surface area is 109 Å². The Morgan fingerprint density at radius 3 is 2.76 bits per heavy atom. The van der Waals surface area contributed by atoms with Gasteiger partial charge in [-0.2, -0.15) is 0 Å². The first-order chi connectivity index (χ1) is 8.06. The number of aryl methyl sites for hydroxylation is 2. The number of Topliss-reactive ketones (excluding diaryl/α,β-unsaturated/α-hetero) is 1. The smallest absolute Gasteiger partial charge is 0.169 e. The Morgan fingerprint density at radius 2 is 2.18 bits per heavy atom. The second-order valence-corrected chi connectivity index (χ2v) is 5.30. The summed E-state index contributed by atoms with van der Waals surface area (Å²) in [6.45, 7) is 3.82. The number of thiazole rings is 1. The van der Waals surface area contributed by atoms with Crippen LogP contribution >= 0.6 is 22.9 Å². The molecule has 88 valence electrons. The minimum atomic E-state index is 0.0825. The molecule has 4 heteroatoms. The van der Waals surface area contributed by atoms with Gasteiger partial charge in [0.2, 0.25) is 0 Å². The maximum Gasteiger partial charge on any atom is 0.169 e. The molecule has 0 aliphatic carbocycles. The Kier molecular flexibility index (Phi) is 3.60. The van der Waals surface area contributed by atoms with Crippen LogP contribution in [0, 0.1) is 13.8 Å². The monoisotopic (exact) mass is 265 g/mol. The van der Waals surface area contributed by atoms with E-state index >= 15 is 0 Å². The molecule has 0 saturated heterocycles. The molecule has 2 aromatic rings. The van der Waals surface area contributed by atoms with Crippen molar-refractivity contribution >= 4 is 28.7 Å². The van der Waals surface area contributed by atoms with E-state index < -0.39 is 0 Å². The normalized spacial score (nSPS) is 10.5. The van der Waals surface area contributed by atoms with Gasteiger partial charge in [-0.3, -0.25) is 4.79 Å². The van der Waals surface area contributed by atoms with Gasteiger partial charge in [0.05, 0.1) is 6.42 Å². The van der Waals surface area contributed by atoms with Gasteiger partial charge in [-0.25, -0.2) is 4.98 Å². The van der Waals surface area contributed by atoms with Crippen LogP contribution in [0.25, 0.3) is 0 Å². The van der Waals surface area contributed by atoms with E-state index in [4.69, 9.17) is 11.6 Å². The lowest BCUT2D eigenvalue weighted by Gasteiger charge is -2.02. The molecule has 1 heterocycles. The van der Waals surface area contributed by atoms with E-state index in [0.717, 1.165) is 16.3 Å². The molecule has 0 radical (unpaired) electrons. The zero-order chi connectivity index (χ0) is 12.4. The number of carbonyl (C=O) groups is 1. The molecular formula is C13H12ClNOS. The topological polar surface area (TPSA) is 30.0 Å². The molecule has 2 rings (SSSR count). The van der Waals surface area contributed by atoms with Crippen LogP contribution in [0.1, 0.15) is 26.6 Å². The molecule has 0 aliphatic heterocycles. The molecule has 1 aromatic heterocycles. The number of hydrogen-bond donors (Lipinski definition) is 0. The quantitative estimate of drug-likeness (QED) is 0.790. The van der Waals surface area contributed by atoms with Gasteiger partial charge in [-0.05, 0) is 37.6 Å². The lowest BCUT2D eigenvalue weighted by Crippen LogP contribution is -2.03. The predicted octanol–water partition coefficient (Wildman–Crippen LogP) is 3.84. The second kappa shape index (κ2) is 4.98. The van der Waals surface area contributed by atoms with Gasteiger partial charge in [0, 0.05) is 21.7 Å². The van der Waals surface area contributed by atoms with Crippen molar-refractivity contribution in [2.45, 2.75) is 20.3 Å². The van der Waals surface area contributed by atoms with Gasteiger partial charge >= 0.3 is 0 Å². The molecule has 0 amide bonds. The third kappa shape index (κ3) is 2.93. The molecule has 17 heavy (non-hydrogen) atoms. The highest BCUT2D eigenvalue weighted by molar-refractivity contribution is 7.09. The third-order valence-electron chi connectivity index (χ3n) is 2.46. The molecule has 0 atom stereocenters. The number of rotatable bonds is 3. The van der Waals surface area contributed by atoms with Crippen LogP contribution in [0.3, 0.4) is 0 Å². The van der Waals surface area contributed by atoms with Crippen molar-refractivity contribution in [2.24, 2.45) is 0 Å². The van der Waals surface area contributed by atoms with Gasteiger partial charge < -0.3 is 0 Å². The average Bonchev–Trinajstić information content (AvgIpc) is 2.68. The van der Waals surface area contributed by atoms with Gasteiger partial charge in [0.25, 0.3) is 0 Å². The number of ketones is 1. The minimum Gasteiger partial charge on any atom is -0.294 e. The summed E-state index contributed by atoms with van der Waals surface area (Å²) in [5, 5.41) is 3.50. The number of carbonyl (C=O) groups excluding carboxylic acids is 1. The summed E-state index contributed by atoms with van der Waals surface area (Å²) < 4.78 is 0. The fourth-order valence-electron chi connectivity index (χ4n) is 1.54. The minimum absolute atomic E-state index is 0.0825. The first kappa shape index (κ1) is 12.3. The molecular weight excluding hydrogens is 254 g/mol. The lowest BCUT2D eigenvalue weighted by molar-refractivity contribution is 0.0993. The van der Waals surface area contributed by atoms with Crippen molar-refractivity contribution in [3.8, 4) is 0 Å². The van der Waals surface area contributed by atoms with Gasteiger partial charge in [0.15, 0.2) is 5.78 Å². The molecule has 0 fully saturated rings. The van der Waals surface area contributed by atoms with Crippen LogP contribution in [-0.4, -0.2) is 10.8 Å². The fraction of sp³-hybridized carbons (Fsp3) is 0.231. The first-order valence-electron chi connectivity index (χ1n) is 5.26. The Bertz CT molecular complexity index is 562. The number of halogens is 1. The van der Waals surface area contributed by atoms with Crippen LogP contribution in [0.5, 0.6) is 0 Å². The van der Waals surface area contributed by atoms with Crippen LogP contribution in [0.2, 0.25) is 5.02 Å². The van der Waals surface area contributed by atoms with E-state index in [1.807, 2.05) is 25.3 Å². The zero-order valence-corrected chi connectivity index (χ0v) is 11.2. The first-order valence-corrected chi connectivity index (χ1v) is 6.52. The average molecular weight is 266 g/mol. The maximum absolute atomic E-state index is 12.0. The van der Waals surface area contributed by atoms with Crippen molar-refractivity contribution in [1.29, 1.82) is 0 Å². The SMILES string of the molecule is Cc1csc(CC(=O)c2ccc(Cl)c(C)c2)n1. The number of nitrogens with zero attached hydrogens (tertiary/aromatic N) is 1. The van der Waals surface area contributed by atoms with Gasteiger partial charge in [-0.1, -0.05) is 11.6 Å². The predicted molar refractivity (Wildman–Crippen MR) is 71.1 cm³/mol. The summed E-state index contributed by atoms with van der Waals surface area (Å²) in [5.74, 6) is 0.0825. The fourth-order valence-corrected chi connectivity index (χ4v) is 2.43. The van der Waals surface area contributed by atoms with Crippen molar-refractivity contribution in [3.05, 3.63) is 50.4 Å². The molecule has 0 saturated carbocycles. The van der Waals surface area contributed by atoms with Crippen LogP contribution in [0.15, 0.2) is 23.6 Å². The van der Waals surface area contributed by atoms with E-state index in [0.29, 0.717) is 17.0 Å². The summed E-state index contributed by atoms with van der Waals surface area (Å²) >= 11 is 7.45. The molecule has 0 aliphatic rings. The van der Waals surface area contributed by atoms with Crippen LogP contribution < -0.4 is 0 Å². The van der Waals surface area contributed by atoms with E-state index in [1.54, 1.807) is 12.1 Å². The van der Waals surface area contributed by atoms with Crippen molar-refractivity contribution in [3.63, 3.8) is 0 Å². The summed E-state index contributed by atoms with van der Waals surface area (Å²) in [4.78, 5) is 16.3. The zero-order valence-electron chi connectivity index (χ0n) is 9.66. The molecule has 0 bridgehead atoms. The van der Waals surface area contributed by atoms with Gasteiger partial charge in [0.1, 0.15) is 5.01 Å². The summed E-state index contributed by atoms with van der Waals surface area (Å²) in [7, 11) is 0. The summed E-state index contributed by atoms with van der Waals surface area (Å²) in [6, 6.07) is 5.35. The van der Waals surface area contributed by atoms with E-state index in [2.05, 4.69) is 4.98 Å². The van der Waals surface area contributed by atoms with Crippen molar-refractivity contribution < 1.29 is 4.79 Å².